The average Bonchev–Trinajstić information content (AvgIpc) is 3.16. The number of nitrogens with zero attached hydrogens (tertiary/aromatic N) is 4. The third-order valence-electron chi connectivity index (χ3n) is 4.56. The molecule has 0 saturated carbocycles. The molecule has 0 radical (unpaired) electrons. The molecule has 1 N–H and O–H groups in total. The molecular formula is C20H20F2N4O6S. The Morgan fingerprint density at radius 1 is 1.30 bits per heavy atom. The third kappa shape index (κ3) is 5.08. The van der Waals surface area contributed by atoms with Gasteiger partial charge in [-0.25, -0.2) is 4.98 Å². The Bertz CT molecular complexity index is 1220. The number of imidazole rings is 1. The summed E-state index contributed by atoms with van der Waals surface area (Å²) in [5, 5.41) is 11.5. The van der Waals surface area contributed by atoms with Gasteiger partial charge in [0.1, 0.15) is 5.75 Å². The molecule has 0 saturated heterocycles. The van der Waals surface area contributed by atoms with E-state index in [1.54, 1.807) is 6.07 Å². The van der Waals surface area contributed by atoms with Gasteiger partial charge in [-0.05, 0) is 19.1 Å². The Hall–Kier alpha value is -3.61. The number of hydrogen-bond donors (Lipinski definition) is 1. The molecule has 0 aliphatic rings. The van der Waals surface area contributed by atoms with Crippen LogP contribution >= 0.6 is 0 Å². The summed E-state index contributed by atoms with van der Waals surface area (Å²) < 4.78 is 54.6. The zero-order valence-corrected chi connectivity index (χ0v) is 18.6. The molecule has 0 aliphatic carbocycles. The number of pyridine rings is 1. The lowest BCUT2D eigenvalue weighted by Gasteiger charge is -2.12. The maximum absolute atomic E-state index is 13.3. The molecule has 1 aromatic carbocycles. The van der Waals surface area contributed by atoms with Crippen LogP contribution in [0, 0.1) is 5.92 Å². The molecule has 0 amide bonds. The van der Waals surface area contributed by atoms with Gasteiger partial charge in [0, 0.05) is 18.3 Å². The van der Waals surface area contributed by atoms with Crippen LogP contribution < -0.4 is 14.2 Å². The molecule has 176 valence electrons. The lowest BCUT2D eigenvalue weighted by molar-refractivity contribution is -0.0497. The molecule has 0 fully saturated rings. The first-order valence-electron chi connectivity index (χ1n) is 9.44. The number of oxime groups is 1. The van der Waals surface area contributed by atoms with Crippen molar-refractivity contribution in [3.8, 4) is 17.2 Å². The highest BCUT2D eigenvalue weighted by molar-refractivity contribution is 7.84. The summed E-state index contributed by atoms with van der Waals surface area (Å²) in [5.74, 6) is -1.19. The van der Waals surface area contributed by atoms with Crippen LogP contribution in [-0.2, 0) is 16.6 Å². The fraction of sp³-hybridized carbons (Fsp3) is 0.300. The first-order chi connectivity index (χ1) is 15.8. The van der Waals surface area contributed by atoms with E-state index in [-0.39, 0.29) is 33.4 Å². The summed E-state index contributed by atoms with van der Waals surface area (Å²) in [4.78, 5) is 21.5. The molecular weight excluding hydrogens is 462 g/mol. The molecule has 33 heavy (non-hydrogen) atoms. The standard InChI is InChI=1S/C20H20F2N4O6S/c1-11(9-24-28)18(27)26-15-5-4-12(32-19(21)22)8-13(15)25-20(26)33(29)10-14-17(31-3)16(30-2)6-7-23-14/h4-9,11,19,28H,10H2,1-3H3. The fourth-order valence-electron chi connectivity index (χ4n) is 3.09. The van der Waals surface area contributed by atoms with Crippen LogP contribution in [0.4, 0.5) is 8.78 Å². The number of methoxy groups -OCH3 is 2. The summed E-state index contributed by atoms with van der Waals surface area (Å²) in [6.45, 7) is -1.58. The Kier molecular flexibility index (Phi) is 7.53. The molecule has 2 heterocycles. The van der Waals surface area contributed by atoms with E-state index >= 15 is 0 Å². The number of carbonyl (C=O) groups excluding carboxylic acids is 1. The van der Waals surface area contributed by atoms with Crippen LogP contribution in [0.25, 0.3) is 11.0 Å². The molecule has 0 spiro atoms. The lowest BCUT2D eigenvalue weighted by atomic mass is 10.2. The SMILES string of the molecule is COc1ccnc(CS(=O)c2nc3cc(OC(F)F)ccc3n2C(=O)C(C)C=NO)c1OC. The second-order valence-corrected chi connectivity index (χ2v) is 7.98. The van der Waals surface area contributed by atoms with Gasteiger partial charge in [-0.2, -0.15) is 8.78 Å². The minimum absolute atomic E-state index is 0.114. The van der Waals surface area contributed by atoms with Crippen molar-refractivity contribution >= 4 is 34.0 Å². The summed E-state index contributed by atoms with van der Waals surface area (Å²) >= 11 is 0. The molecule has 2 unspecified atom stereocenters. The van der Waals surface area contributed by atoms with Crippen LogP contribution in [0.3, 0.4) is 0 Å². The fourth-order valence-corrected chi connectivity index (χ4v) is 4.26. The van der Waals surface area contributed by atoms with E-state index in [1.165, 1.54) is 45.5 Å². The minimum Gasteiger partial charge on any atom is -0.493 e. The van der Waals surface area contributed by atoms with Crippen LogP contribution in [0.1, 0.15) is 17.4 Å². The maximum atomic E-state index is 13.3. The van der Waals surface area contributed by atoms with Gasteiger partial charge in [0.05, 0.1) is 59.6 Å². The van der Waals surface area contributed by atoms with Crippen molar-refractivity contribution < 1.29 is 37.2 Å². The number of carbonyl (C=O) groups is 1. The largest absolute Gasteiger partial charge is 0.493 e. The van der Waals surface area contributed by atoms with Crippen LogP contribution in [-0.4, -0.2) is 56.9 Å². The van der Waals surface area contributed by atoms with E-state index in [0.29, 0.717) is 11.4 Å². The summed E-state index contributed by atoms with van der Waals surface area (Å²) in [6, 6.07) is 5.38. The number of rotatable bonds is 9. The molecule has 3 aromatic rings. The van der Waals surface area contributed by atoms with E-state index < -0.39 is 29.2 Å². The molecule has 3 rings (SSSR count). The first-order valence-corrected chi connectivity index (χ1v) is 10.8. The highest BCUT2D eigenvalue weighted by Gasteiger charge is 2.26. The normalized spacial score (nSPS) is 13.4. The second kappa shape index (κ2) is 10.3. The average molecular weight is 482 g/mol. The number of hydrogen-bond acceptors (Lipinski definition) is 9. The second-order valence-electron chi connectivity index (χ2n) is 6.63. The Balaban J connectivity index is 2.11. The van der Waals surface area contributed by atoms with Crippen molar-refractivity contribution in [1.29, 1.82) is 0 Å². The number of aromatic nitrogens is 3. The zero-order chi connectivity index (χ0) is 24.1. The predicted molar refractivity (Wildman–Crippen MR) is 114 cm³/mol. The van der Waals surface area contributed by atoms with Crippen molar-refractivity contribution in [1.82, 2.24) is 14.5 Å². The van der Waals surface area contributed by atoms with Crippen molar-refractivity contribution in [2.24, 2.45) is 11.1 Å². The highest BCUT2D eigenvalue weighted by atomic mass is 32.2. The van der Waals surface area contributed by atoms with Crippen molar-refractivity contribution in [2.75, 3.05) is 14.2 Å². The smallest absolute Gasteiger partial charge is 0.387 e. The maximum Gasteiger partial charge on any atom is 0.387 e. The quantitative estimate of drug-likeness (QED) is 0.280. The van der Waals surface area contributed by atoms with Gasteiger partial charge in [0.25, 0.3) is 0 Å². The van der Waals surface area contributed by atoms with E-state index in [0.717, 1.165) is 10.8 Å². The summed E-state index contributed by atoms with van der Waals surface area (Å²) in [6.07, 6.45) is 2.46. The predicted octanol–water partition coefficient (Wildman–Crippen LogP) is 3.09. The number of fused-ring (bicyclic) bond motifs is 1. The van der Waals surface area contributed by atoms with Crippen LogP contribution in [0.2, 0.25) is 0 Å². The van der Waals surface area contributed by atoms with E-state index in [9.17, 15) is 17.8 Å². The van der Waals surface area contributed by atoms with Gasteiger partial charge in [-0.1, -0.05) is 0 Å². The van der Waals surface area contributed by atoms with E-state index in [1.807, 2.05) is 0 Å². The van der Waals surface area contributed by atoms with Gasteiger partial charge in [0.2, 0.25) is 11.1 Å². The number of ether oxygens (including phenoxy) is 3. The van der Waals surface area contributed by atoms with Crippen LogP contribution in [0.5, 0.6) is 17.2 Å². The number of alkyl halides is 2. The van der Waals surface area contributed by atoms with Gasteiger partial charge in [0.15, 0.2) is 11.5 Å². The molecule has 0 aliphatic heterocycles. The van der Waals surface area contributed by atoms with E-state index in [2.05, 4.69) is 19.9 Å². The Morgan fingerprint density at radius 2 is 2.06 bits per heavy atom. The monoisotopic (exact) mass is 482 g/mol. The molecule has 0 bridgehead atoms. The molecule has 10 nitrogen and oxygen atoms in total. The number of halogens is 2. The van der Waals surface area contributed by atoms with Gasteiger partial charge in [-0.3, -0.25) is 18.6 Å². The van der Waals surface area contributed by atoms with Gasteiger partial charge >= 0.3 is 6.61 Å². The lowest BCUT2D eigenvalue weighted by Crippen LogP contribution is -2.23. The number of benzene rings is 1. The Labute approximate surface area is 189 Å². The topological polar surface area (TPSA) is 125 Å². The molecule has 2 aromatic heterocycles. The molecule has 13 heteroatoms. The van der Waals surface area contributed by atoms with Gasteiger partial charge < -0.3 is 19.4 Å². The Morgan fingerprint density at radius 3 is 2.70 bits per heavy atom. The third-order valence-corrected chi connectivity index (χ3v) is 5.77. The van der Waals surface area contributed by atoms with Crippen molar-refractivity contribution in [3.63, 3.8) is 0 Å². The van der Waals surface area contributed by atoms with Crippen molar-refractivity contribution in [2.45, 2.75) is 24.4 Å². The molecule has 2 atom stereocenters. The minimum atomic E-state index is -3.05. The highest BCUT2D eigenvalue weighted by Crippen LogP contribution is 2.31. The summed E-state index contributed by atoms with van der Waals surface area (Å²) in [5.41, 5.74) is 0.630. The zero-order valence-electron chi connectivity index (χ0n) is 17.8. The van der Waals surface area contributed by atoms with Crippen molar-refractivity contribution in [3.05, 3.63) is 36.2 Å². The van der Waals surface area contributed by atoms with Gasteiger partial charge in [-0.15, -0.1) is 5.16 Å². The first kappa shape index (κ1) is 24.0. The summed E-state index contributed by atoms with van der Waals surface area (Å²) in [7, 11) is 0.930. The van der Waals surface area contributed by atoms with E-state index in [4.69, 9.17) is 14.7 Å². The van der Waals surface area contributed by atoms with Crippen LogP contribution in [0.15, 0.2) is 40.8 Å².